The molecule has 0 radical (unpaired) electrons. The smallest absolute Gasteiger partial charge is 0.237 e. The van der Waals surface area contributed by atoms with Crippen LogP contribution in [0.3, 0.4) is 0 Å². The summed E-state index contributed by atoms with van der Waals surface area (Å²) in [7, 11) is 0. The number of fused-ring (bicyclic) bond motifs is 1. The van der Waals surface area contributed by atoms with Gasteiger partial charge in [-0.1, -0.05) is 30.0 Å². The number of amides is 1. The Morgan fingerprint density at radius 2 is 2.37 bits per heavy atom. The molecule has 0 spiro atoms. The second kappa shape index (κ2) is 5.05. The average Bonchev–Trinajstić information content (AvgIpc) is 3.02. The molecule has 19 heavy (non-hydrogen) atoms. The highest BCUT2D eigenvalue weighted by Gasteiger charge is 2.30. The van der Waals surface area contributed by atoms with Gasteiger partial charge in [0.2, 0.25) is 5.91 Å². The van der Waals surface area contributed by atoms with Crippen molar-refractivity contribution in [3.05, 3.63) is 36.2 Å². The Morgan fingerprint density at radius 3 is 3.16 bits per heavy atom. The first-order valence-corrected chi connectivity index (χ1v) is 7.12. The number of benzene rings is 1. The lowest BCUT2D eigenvalue weighted by Gasteiger charge is -2.22. The van der Waals surface area contributed by atoms with Crippen LogP contribution in [0.5, 0.6) is 0 Å². The number of hydrogen-bond acceptors (Lipinski definition) is 4. The first-order chi connectivity index (χ1) is 9.25. The highest BCUT2D eigenvalue weighted by Crippen LogP contribution is 2.32. The van der Waals surface area contributed by atoms with E-state index < -0.39 is 0 Å². The predicted octanol–water partition coefficient (Wildman–Crippen LogP) is 1.87. The van der Waals surface area contributed by atoms with Crippen molar-refractivity contribution in [2.45, 2.75) is 24.5 Å². The molecule has 1 aromatic carbocycles. The van der Waals surface area contributed by atoms with Crippen molar-refractivity contribution in [3.8, 4) is 0 Å². The number of H-pyrrole nitrogens is 1. The zero-order chi connectivity index (χ0) is 13.2. The normalized spacial score (nSPS) is 17.5. The summed E-state index contributed by atoms with van der Waals surface area (Å²) >= 11 is 1.38. The molecule has 2 aromatic rings. The summed E-state index contributed by atoms with van der Waals surface area (Å²) in [4.78, 5) is 18.2. The molecule has 0 bridgehead atoms. The lowest BCUT2D eigenvalue weighted by Crippen LogP contribution is -2.36. The fraction of sp³-hybridized carbons (Fsp3) is 0.308. The summed E-state index contributed by atoms with van der Waals surface area (Å²) in [6.45, 7) is 2.08. The Bertz CT molecular complexity index is 584. The van der Waals surface area contributed by atoms with E-state index >= 15 is 0 Å². The summed E-state index contributed by atoms with van der Waals surface area (Å²) in [6, 6.07) is 8.31. The van der Waals surface area contributed by atoms with E-state index in [9.17, 15) is 4.79 Å². The van der Waals surface area contributed by atoms with Crippen LogP contribution in [0.15, 0.2) is 35.7 Å². The third-order valence-electron chi connectivity index (χ3n) is 3.20. The third kappa shape index (κ3) is 2.35. The number of carbonyl (C=O) groups excluding carboxylic acids is 1. The van der Waals surface area contributed by atoms with E-state index in [1.807, 2.05) is 23.1 Å². The molecule has 2 heterocycles. The minimum absolute atomic E-state index is 0.110. The monoisotopic (exact) mass is 274 g/mol. The van der Waals surface area contributed by atoms with E-state index in [-0.39, 0.29) is 11.9 Å². The summed E-state index contributed by atoms with van der Waals surface area (Å²) in [6.07, 6.45) is 2.37. The number of anilines is 1. The van der Waals surface area contributed by atoms with Gasteiger partial charge in [-0.2, -0.15) is 5.10 Å². The first kappa shape index (κ1) is 12.2. The van der Waals surface area contributed by atoms with Gasteiger partial charge in [0.05, 0.1) is 5.75 Å². The number of thioether (sulfide) groups is 1. The third-order valence-corrected chi connectivity index (χ3v) is 4.06. The van der Waals surface area contributed by atoms with Gasteiger partial charge in [0, 0.05) is 11.7 Å². The molecule has 0 fully saturated rings. The van der Waals surface area contributed by atoms with Gasteiger partial charge in [-0.3, -0.25) is 9.89 Å². The second-order valence-corrected chi connectivity index (χ2v) is 5.49. The molecule has 0 saturated carbocycles. The summed E-state index contributed by atoms with van der Waals surface area (Å²) in [5.41, 5.74) is 2.28. The fourth-order valence-electron chi connectivity index (χ4n) is 2.41. The lowest BCUT2D eigenvalue weighted by molar-refractivity contribution is -0.116. The topological polar surface area (TPSA) is 61.9 Å². The van der Waals surface area contributed by atoms with Gasteiger partial charge in [-0.15, -0.1) is 0 Å². The Morgan fingerprint density at radius 1 is 1.53 bits per heavy atom. The molecular formula is C13H14N4OS. The molecule has 3 rings (SSSR count). The highest BCUT2D eigenvalue weighted by molar-refractivity contribution is 7.99. The first-order valence-electron chi connectivity index (χ1n) is 6.14. The van der Waals surface area contributed by atoms with Crippen molar-refractivity contribution in [2.24, 2.45) is 0 Å². The molecule has 1 aromatic heterocycles. The van der Waals surface area contributed by atoms with Crippen molar-refractivity contribution in [3.63, 3.8) is 0 Å². The van der Waals surface area contributed by atoms with Gasteiger partial charge >= 0.3 is 0 Å². The standard InChI is InChI=1S/C13H14N4OS/c1-9-6-10-4-2-3-5-11(10)17(9)12(18)7-19-13-14-8-15-16-13/h2-5,8-9H,6-7H2,1H3,(H,14,15,16). The van der Waals surface area contributed by atoms with Crippen LogP contribution in [0.4, 0.5) is 5.69 Å². The quantitative estimate of drug-likeness (QED) is 0.868. The van der Waals surface area contributed by atoms with Gasteiger partial charge in [0.1, 0.15) is 6.33 Å². The van der Waals surface area contributed by atoms with E-state index in [1.54, 1.807) is 0 Å². The van der Waals surface area contributed by atoms with Crippen LogP contribution in [-0.4, -0.2) is 32.9 Å². The number of aromatic amines is 1. The molecule has 0 saturated heterocycles. The lowest BCUT2D eigenvalue weighted by atomic mass is 10.1. The zero-order valence-electron chi connectivity index (χ0n) is 10.5. The molecule has 98 valence electrons. The number of hydrogen-bond donors (Lipinski definition) is 1. The van der Waals surface area contributed by atoms with Gasteiger partial charge < -0.3 is 4.90 Å². The summed E-state index contributed by atoms with van der Waals surface area (Å²) in [5, 5.41) is 7.19. The van der Waals surface area contributed by atoms with Crippen molar-refractivity contribution < 1.29 is 4.79 Å². The SMILES string of the molecule is CC1Cc2ccccc2N1C(=O)CSc1ncn[nH]1. The molecule has 0 aliphatic carbocycles. The highest BCUT2D eigenvalue weighted by atomic mass is 32.2. The minimum Gasteiger partial charge on any atom is -0.308 e. The van der Waals surface area contributed by atoms with Crippen LogP contribution >= 0.6 is 11.8 Å². The molecule has 1 aliphatic heterocycles. The van der Waals surface area contributed by atoms with Crippen LogP contribution in [-0.2, 0) is 11.2 Å². The van der Waals surface area contributed by atoms with Crippen LogP contribution in [0.1, 0.15) is 12.5 Å². The zero-order valence-corrected chi connectivity index (χ0v) is 11.4. The van der Waals surface area contributed by atoms with Crippen LogP contribution in [0.2, 0.25) is 0 Å². The second-order valence-electron chi connectivity index (χ2n) is 4.52. The number of nitrogens with zero attached hydrogens (tertiary/aromatic N) is 3. The van der Waals surface area contributed by atoms with E-state index in [0.717, 1.165) is 12.1 Å². The minimum atomic E-state index is 0.110. The Labute approximate surface area is 115 Å². The van der Waals surface area contributed by atoms with Crippen LogP contribution in [0.25, 0.3) is 0 Å². The van der Waals surface area contributed by atoms with Crippen molar-refractivity contribution in [2.75, 3.05) is 10.7 Å². The summed E-state index contributed by atoms with van der Waals surface area (Å²) in [5.74, 6) is 0.479. The van der Waals surface area contributed by atoms with Crippen LogP contribution < -0.4 is 4.90 Å². The fourth-order valence-corrected chi connectivity index (χ4v) is 3.05. The Kier molecular flexibility index (Phi) is 3.25. The van der Waals surface area contributed by atoms with Crippen molar-refractivity contribution in [1.82, 2.24) is 15.2 Å². The van der Waals surface area contributed by atoms with E-state index in [0.29, 0.717) is 10.9 Å². The molecular weight excluding hydrogens is 260 g/mol. The number of nitrogens with one attached hydrogen (secondary N) is 1. The van der Waals surface area contributed by atoms with Gasteiger partial charge in [-0.25, -0.2) is 4.98 Å². The Hall–Kier alpha value is -1.82. The number of rotatable bonds is 3. The van der Waals surface area contributed by atoms with Crippen molar-refractivity contribution in [1.29, 1.82) is 0 Å². The average molecular weight is 274 g/mol. The van der Waals surface area contributed by atoms with E-state index in [1.165, 1.54) is 23.7 Å². The largest absolute Gasteiger partial charge is 0.308 e. The molecule has 1 amide bonds. The molecule has 1 N–H and O–H groups in total. The molecule has 1 unspecified atom stereocenters. The van der Waals surface area contributed by atoms with E-state index in [2.05, 4.69) is 28.2 Å². The number of aromatic nitrogens is 3. The molecule has 1 aliphatic rings. The number of carbonyl (C=O) groups is 1. The van der Waals surface area contributed by atoms with Gasteiger partial charge in [0.25, 0.3) is 0 Å². The molecule has 1 atom stereocenters. The number of para-hydroxylation sites is 1. The van der Waals surface area contributed by atoms with Gasteiger partial charge in [0.15, 0.2) is 5.16 Å². The molecule has 5 nitrogen and oxygen atoms in total. The van der Waals surface area contributed by atoms with E-state index in [4.69, 9.17) is 0 Å². The maximum absolute atomic E-state index is 12.4. The molecule has 6 heteroatoms. The maximum atomic E-state index is 12.4. The predicted molar refractivity (Wildman–Crippen MR) is 74.2 cm³/mol. The maximum Gasteiger partial charge on any atom is 0.237 e. The van der Waals surface area contributed by atoms with Crippen LogP contribution in [0, 0.1) is 0 Å². The van der Waals surface area contributed by atoms with Crippen molar-refractivity contribution >= 4 is 23.4 Å². The Balaban J connectivity index is 1.73. The summed E-state index contributed by atoms with van der Waals surface area (Å²) < 4.78 is 0. The van der Waals surface area contributed by atoms with Gasteiger partial charge in [-0.05, 0) is 25.0 Å².